The third-order valence-electron chi connectivity index (χ3n) is 4.49. The first-order valence-corrected chi connectivity index (χ1v) is 9.77. The molecule has 1 saturated carbocycles. The Balaban J connectivity index is 2.14. The minimum absolute atomic E-state index is 0.00315. The van der Waals surface area contributed by atoms with Crippen LogP contribution < -0.4 is 0 Å². The highest BCUT2D eigenvalue weighted by molar-refractivity contribution is 8.54. The Morgan fingerprint density at radius 3 is 2.48 bits per heavy atom. The fourth-order valence-corrected chi connectivity index (χ4v) is 6.77. The van der Waals surface area contributed by atoms with Gasteiger partial charge in [0, 0.05) is 4.90 Å². The molecule has 0 saturated heterocycles. The molecule has 0 radical (unpaired) electrons. The van der Waals surface area contributed by atoms with E-state index in [2.05, 4.69) is 0 Å². The van der Waals surface area contributed by atoms with Crippen LogP contribution in [0.1, 0.15) is 43.7 Å². The van der Waals surface area contributed by atoms with Gasteiger partial charge in [0.25, 0.3) is 0 Å². The van der Waals surface area contributed by atoms with Gasteiger partial charge in [-0.2, -0.15) is 13.2 Å². The molecule has 3 rings (SSSR count). The summed E-state index contributed by atoms with van der Waals surface area (Å²) >= 11 is 0. The van der Waals surface area contributed by atoms with Crippen molar-refractivity contribution in [1.29, 1.82) is 0 Å². The molecule has 1 aromatic carbocycles. The van der Waals surface area contributed by atoms with E-state index >= 15 is 0 Å². The van der Waals surface area contributed by atoms with Gasteiger partial charge in [0.2, 0.25) is 0 Å². The molecular weight excluding hydrogens is 317 g/mol. The van der Waals surface area contributed by atoms with E-state index in [0.717, 1.165) is 37.7 Å². The number of benzene rings is 1. The first-order chi connectivity index (χ1) is 9.88. The summed E-state index contributed by atoms with van der Waals surface area (Å²) in [5.41, 5.74) is -2.81. The predicted molar refractivity (Wildman–Crippen MR) is 83.5 cm³/mol. The normalized spacial score (nSPS) is 29.1. The molecule has 116 valence electrons. The lowest BCUT2D eigenvalue weighted by molar-refractivity contribution is -0.0360. The van der Waals surface area contributed by atoms with Gasteiger partial charge in [-0.1, -0.05) is 31.9 Å². The van der Waals surface area contributed by atoms with Crippen LogP contribution in [0.3, 0.4) is 0 Å². The quantitative estimate of drug-likeness (QED) is 0.569. The number of hydrogen-bond donors (Lipinski definition) is 0. The summed E-state index contributed by atoms with van der Waals surface area (Å²) in [6.45, 7) is 1.95. The zero-order valence-electron chi connectivity index (χ0n) is 11.8. The Labute approximate surface area is 129 Å². The molecule has 1 aliphatic carbocycles. The SMILES string of the molecule is CCc1ccc2c(c1)S(Cl)(C(F)(F)F)C(C1CCCC1)=C2. The van der Waals surface area contributed by atoms with Crippen molar-refractivity contribution >= 4 is 26.0 Å². The van der Waals surface area contributed by atoms with Crippen LogP contribution >= 0.6 is 19.9 Å². The van der Waals surface area contributed by atoms with Crippen molar-refractivity contribution in [2.24, 2.45) is 5.92 Å². The predicted octanol–water partition coefficient (Wildman–Crippen LogP) is 6.63. The summed E-state index contributed by atoms with van der Waals surface area (Å²) in [7, 11) is 2.94. The molecule has 5 heteroatoms. The Hall–Kier alpha value is -0.610. The molecule has 0 amide bonds. The second kappa shape index (κ2) is 5.24. The van der Waals surface area contributed by atoms with Gasteiger partial charge in [-0.15, -0.1) is 0 Å². The second-order valence-corrected chi connectivity index (χ2v) is 9.58. The average molecular weight is 335 g/mol. The van der Waals surface area contributed by atoms with E-state index < -0.39 is 14.7 Å². The Morgan fingerprint density at radius 2 is 1.90 bits per heavy atom. The van der Waals surface area contributed by atoms with Crippen LogP contribution in [-0.2, 0) is 6.42 Å². The number of halogens is 4. The van der Waals surface area contributed by atoms with Gasteiger partial charge < -0.3 is 0 Å². The van der Waals surface area contributed by atoms with Gasteiger partial charge in [0.05, 0.1) is 0 Å². The molecule has 0 bridgehead atoms. The molecule has 2 aliphatic rings. The molecule has 1 aromatic rings. The summed E-state index contributed by atoms with van der Waals surface area (Å²) in [5.74, 6) is -0.00315. The summed E-state index contributed by atoms with van der Waals surface area (Å²) in [4.78, 5) is 0.746. The van der Waals surface area contributed by atoms with Crippen LogP contribution in [0.5, 0.6) is 0 Å². The smallest absolute Gasteiger partial charge is 0.160 e. The Bertz CT molecular complexity index is 588. The van der Waals surface area contributed by atoms with E-state index in [9.17, 15) is 13.2 Å². The maximum atomic E-state index is 13.8. The number of alkyl halides is 3. The molecule has 1 atom stereocenters. The van der Waals surface area contributed by atoms with Crippen LogP contribution in [-0.4, -0.2) is 5.51 Å². The van der Waals surface area contributed by atoms with Crippen LogP contribution in [0.25, 0.3) is 6.08 Å². The lowest BCUT2D eigenvalue weighted by atomic mass is 10.0. The fraction of sp³-hybridized carbons (Fsp3) is 0.500. The monoisotopic (exact) mass is 334 g/mol. The molecule has 21 heavy (non-hydrogen) atoms. The average Bonchev–Trinajstić information content (AvgIpc) is 3.04. The number of allylic oxidation sites excluding steroid dienone is 1. The van der Waals surface area contributed by atoms with Gasteiger partial charge in [-0.05, 0) is 73.3 Å². The van der Waals surface area contributed by atoms with Gasteiger partial charge in [0.15, 0.2) is 0 Å². The van der Waals surface area contributed by atoms with E-state index in [1.165, 1.54) is 0 Å². The third-order valence-corrected chi connectivity index (χ3v) is 8.74. The maximum Gasteiger partial charge on any atom is 0.445 e. The first-order valence-electron chi connectivity index (χ1n) is 7.31. The molecule has 1 heterocycles. The van der Waals surface area contributed by atoms with E-state index in [1.54, 1.807) is 18.2 Å². The van der Waals surface area contributed by atoms with Crippen molar-refractivity contribution in [2.75, 3.05) is 0 Å². The van der Waals surface area contributed by atoms with Crippen molar-refractivity contribution < 1.29 is 13.2 Å². The number of rotatable bonds is 2. The minimum atomic E-state index is -4.39. The van der Waals surface area contributed by atoms with Crippen LogP contribution in [0.15, 0.2) is 28.0 Å². The van der Waals surface area contributed by atoms with Crippen molar-refractivity contribution in [3.8, 4) is 0 Å². The standard InChI is InChI=1S/C16H18ClF3S/c1-2-11-7-8-13-10-15(12-5-3-4-6-12)21(17,14(13)9-11)16(18,19)20/h7-10,12H,2-6H2,1H3. The summed E-state index contributed by atoms with van der Waals surface area (Å²) in [6, 6.07) is 5.37. The molecule has 1 fully saturated rings. The minimum Gasteiger partial charge on any atom is -0.160 e. The van der Waals surface area contributed by atoms with Gasteiger partial charge in [-0.3, -0.25) is 0 Å². The number of aryl methyl sites for hydroxylation is 1. The van der Waals surface area contributed by atoms with Crippen LogP contribution in [0.4, 0.5) is 13.2 Å². The van der Waals surface area contributed by atoms with E-state index in [1.807, 2.05) is 13.0 Å². The molecule has 0 spiro atoms. The number of hydrogen-bond acceptors (Lipinski definition) is 0. The van der Waals surface area contributed by atoms with Crippen molar-refractivity contribution in [1.82, 2.24) is 0 Å². The molecular formula is C16H18ClF3S. The summed E-state index contributed by atoms with van der Waals surface area (Å²) < 4.78 is 41.5. The number of fused-ring (bicyclic) bond motifs is 1. The summed E-state index contributed by atoms with van der Waals surface area (Å²) in [6.07, 6.45) is 6.11. The zero-order valence-corrected chi connectivity index (χ0v) is 13.4. The molecule has 1 unspecified atom stereocenters. The summed E-state index contributed by atoms with van der Waals surface area (Å²) in [5, 5.41) is 0. The Kier molecular flexibility index (Phi) is 3.81. The fourth-order valence-electron chi connectivity index (χ4n) is 3.34. The van der Waals surface area contributed by atoms with E-state index in [-0.39, 0.29) is 5.92 Å². The highest BCUT2D eigenvalue weighted by Gasteiger charge is 2.57. The largest absolute Gasteiger partial charge is 0.445 e. The first kappa shape index (κ1) is 15.3. The lowest BCUT2D eigenvalue weighted by Crippen LogP contribution is -2.19. The van der Waals surface area contributed by atoms with Gasteiger partial charge >= 0.3 is 5.51 Å². The van der Waals surface area contributed by atoms with Crippen LogP contribution in [0, 0.1) is 5.92 Å². The third kappa shape index (κ3) is 2.31. The molecule has 0 nitrogen and oxygen atoms in total. The van der Waals surface area contributed by atoms with E-state index in [0.29, 0.717) is 15.4 Å². The molecule has 0 N–H and O–H groups in total. The van der Waals surface area contributed by atoms with Crippen LogP contribution in [0.2, 0.25) is 0 Å². The van der Waals surface area contributed by atoms with E-state index in [4.69, 9.17) is 10.7 Å². The maximum absolute atomic E-state index is 13.8. The Morgan fingerprint density at radius 1 is 1.24 bits per heavy atom. The molecule has 0 aromatic heterocycles. The van der Waals surface area contributed by atoms with Crippen molar-refractivity contribution in [3.05, 3.63) is 34.2 Å². The lowest BCUT2D eigenvalue weighted by Gasteiger charge is -2.37. The van der Waals surface area contributed by atoms with Crippen molar-refractivity contribution in [2.45, 2.75) is 49.4 Å². The highest BCUT2D eigenvalue weighted by Crippen LogP contribution is 2.81. The topological polar surface area (TPSA) is 0 Å². The van der Waals surface area contributed by atoms with Crippen molar-refractivity contribution in [3.63, 3.8) is 0 Å². The van der Waals surface area contributed by atoms with Gasteiger partial charge in [0.1, 0.15) is 0 Å². The second-order valence-electron chi connectivity index (χ2n) is 5.74. The van der Waals surface area contributed by atoms with Gasteiger partial charge in [-0.25, -0.2) is 0 Å². The highest BCUT2D eigenvalue weighted by atomic mass is 35.7. The molecule has 1 aliphatic heterocycles. The zero-order chi connectivity index (χ0) is 15.3.